The molecule has 0 aliphatic heterocycles. The van der Waals surface area contributed by atoms with Crippen molar-refractivity contribution in [3.05, 3.63) is 35.6 Å². The number of hydrogen-bond acceptors (Lipinski definition) is 8. The molecule has 0 saturated carbocycles. The molecule has 12 heteroatoms. The Kier molecular flexibility index (Phi) is 7.86. The van der Waals surface area contributed by atoms with E-state index in [0.717, 1.165) is 5.56 Å². The minimum atomic E-state index is -4.51. The predicted octanol–water partition coefficient (Wildman–Crippen LogP) is 1.89. The van der Waals surface area contributed by atoms with E-state index in [9.17, 15) is 27.9 Å². The number of aryl methyl sites for hydroxylation is 1. The van der Waals surface area contributed by atoms with Crippen molar-refractivity contribution in [2.45, 2.75) is 51.7 Å². The molecule has 1 aromatic carbocycles. The largest absolute Gasteiger partial charge is 0.480 e. The molecule has 0 aliphatic rings. The molecule has 2 rings (SSSR count). The summed E-state index contributed by atoms with van der Waals surface area (Å²) in [5, 5.41) is 10.1. The van der Waals surface area contributed by atoms with Crippen LogP contribution in [0.2, 0.25) is 0 Å². The van der Waals surface area contributed by atoms with E-state index in [1.807, 2.05) is 4.72 Å². The highest BCUT2D eigenvalue weighted by Gasteiger charge is 2.28. The first-order valence-electron chi connectivity index (χ1n) is 9.62. The maximum Gasteiger partial charge on any atom is 0.422 e. The first-order chi connectivity index (χ1) is 14.8. The van der Waals surface area contributed by atoms with Gasteiger partial charge in [-0.15, -0.1) is 0 Å². The Morgan fingerprint density at radius 1 is 1.19 bits per heavy atom. The van der Waals surface area contributed by atoms with Gasteiger partial charge in [0.15, 0.2) is 0 Å². The third-order valence-corrected chi connectivity index (χ3v) is 5.12. The number of carboxylic acid groups (broad SMARTS) is 1. The number of carbonyl (C=O) groups excluding carboxylic acids is 2. The van der Waals surface area contributed by atoms with Crippen molar-refractivity contribution in [1.82, 2.24) is 9.44 Å². The van der Waals surface area contributed by atoms with Gasteiger partial charge in [-0.2, -0.15) is 13.1 Å². The Labute approximate surface area is 185 Å². The number of amides is 1. The Morgan fingerprint density at radius 2 is 1.88 bits per heavy atom. The summed E-state index contributed by atoms with van der Waals surface area (Å²) in [6, 6.07) is 5.21. The molecule has 3 N–H and O–H groups in total. The third-order valence-electron chi connectivity index (χ3n) is 4.09. The van der Waals surface area contributed by atoms with Gasteiger partial charge in [-0.1, -0.05) is 6.07 Å². The molecule has 0 bridgehead atoms. The monoisotopic (exact) mass is 470 g/mol. The summed E-state index contributed by atoms with van der Waals surface area (Å²) in [5.41, 5.74) is 0.392. The summed E-state index contributed by atoms with van der Waals surface area (Å²) < 4.78 is 42.9. The molecule has 32 heavy (non-hydrogen) atoms. The van der Waals surface area contributed by atoms with Crippen molar-refractivity contribution < 1.29 is 41.8 Å². The van der Waals surface area contributed by atoms with Crippen LogP contribution in [0.1, 0.15) is 38.5 Å². The minimum absolute atomic E-state index is 0.209. The molecule has 1 aromatic heterocycles. The van der Waals surface area contributed by atoms with Crippen LogP contribution in [0.3, 0.4) is 0 Å². The molecule has 0 spiro atoms. The minimum Gasteiger partial charge on any atom is -0.480 e. The first kappa shape index (κ1) is 25.1. The quantitative estimate of drug-likeness (QED) is 0.465. The Balaban J connectivity index is 2.10. The van der Waals surface area contributed by atoms with Crippen LogP contribution in [0.5, 0.6) is 0 Å². The molecule has 1 unspecified atom stereocenters. The average Bonchev–Trinajstić information content (AvgIpc) is 3.04. The molecule has 2 aromatic rings. The molecular weight excluding hydrogens is 444 g/mol. The number of carbonyl (C=O) groups is 3. The average molecular weight is 471 g/mol. The molecule has 0 saturated heterocycles. The van der Waals surface area contributed by atoms with Crippen LogP contribution < -0.4 is 9.44 Å². The van der Waals surface area contributed by atoms with Gasteiger partial charge < -0.3 is 19.0 Å². The Bertz CT molecular complexity index is 1100. The zero-order chi connectivity index (χ0) is 24.1. The summed E-state index contributed by atoms with van der Waals surface area (Å²) in [4.78, 5) is 34.6. The van der Waals surface area contributed by atoms with E-state index in [-0.39, 0.29) is 24.6 Å². The number of aliphatic carboxylic acids is 1. The highest BCUT2D eigenvalue weighted by molar-refractivity contribution is 7.88. The van der Waals surface area contributed by atoms with Crippen LogP contribution >= 0.6 is 0 Å². The lowest BCUT2D eigenvalue weighted by atomic mass is 10.1. The summed E-state index contributed by atoms with van der Waals surface area (Å²) in [7, 11) is -3.20. The SMILES string of the molecule is COC(=O)CCc1ccc2oc(CC(NS(=O)(=O)NC(=O)OC(C)(C)C)C(=O)O)cc2c1. The lowest BCUT2D eigenvalue weighted by molar-refractivity contribution is -0.141. The number of fused-ring (bicyclic) bond motifs is 1. The molecule has 0 fully saturated rings. The molecule has 1 atom stereocenters. The molecule has 176 valence electrons. The van der Waals surface area contributed by atoms with Gasteiger partial charge in [0, 0.05) is 18.2 Å². The number of hydrogen-bond donors (Lipinski definition) is 3. The summed E-state index contributed by atoms with van der Waals surface area (Å²) in [6.07, 6.45) is -0.883. The summed E-state index contributed by atoms with van der Waals surface area (Å²) in [5.74, 6) is -1.58. The fourth-order valence-corrected chi connectivity index (χ4v) is 3.64. The van der Waals surface area contributed by atoms with Gasteiger partial charge in [-0.25, -0.2) is 9.52 Å². The van der Waals surface area contributed by atoms with Crippen molar-refractivity contribution in [1.29, 1.82) is 0 Å². The maximum atomic E-state index is 12.1. The van der Waals surface area contributed by atoms with E-state index in [0.29, 0.717) is 17.4 Å². The number of carboxylic acids is 1. The topological polar surface area (TPSA) is 161 Å². The molecule has 1 heterocycles. The fraction of sp³-hybridized carbons (Fsp3) is 0.450. The lowest BCUT2D eigenvalue weighted by Crippen LogP contribution is -2.49. The lowest BCUT2D eigenvalue weighted by Gasteiger charge is -2.20. The van der Waals surface area contributed by atoms with Crippen LogP contribution in [0.25, 0.3) is 11.0 Å². The van der Waals surface area contributed by atoms with E-state index in [1.165, 1.54) is 7.11 Å². The highest BCUT2D eigenvalue weighted by atomic mass is 32.2. The number of esters is 1. The van der Waals surface area contributed by atoms with E-state index in [1.54, 1.807) is 49.8 Å². The van der Waals surface area contributed by atoms with Gasteiger partial charge in [-0.3, -0.25) is 9.59 Å². The molecule has 0 aliphatic carbocycles. The molecule has 1 amide bonds. The molecule has 0 radical (unpaired) electrons. The van der Waals surface area contributed by atoms with Crippen molar-refractivity contribution >= 4 is 39.2 Å². The normalized spacial score (nSPS) is 12.9. The summed E-state index contributed by atoms with van der Waals surface area (Å²) in [6.45, 7) is 4.65. The third kappa shape index (κ3) is 7.85. The molecule has 11 nitrogen and oxygen atoms in total. The number of methoxy groups -OCH3 is 1. The van der Waals surface area contributed by atoms with Crippen molar-refractivity contribution in [2.75, 3.05) is 7.11 Å². The zero-order valence-corrected chi connectivity index (χ0v) is 18.9. The first-order valence-corrected chi connectivity index (χ1v) is 11.1. The second kappa shape index (κ2) is 10.0. The van der Waals surface area contributed by atoms with Crippen LogP contribution in [0.15, 0.2) is 28.7 Å². The van der Waals surface area contributed by atoms with Gasteiger partial charge in [-0.05, 0) is 51.0 Å². The zero-order valence-electron chi connectivity index (χ0n) is 18.1. The van der Waals surface area contributed by atoms with E-state index >= 15 is 0 Å². The maximum absolute atomic E-state index is 12.1. The van der Waals surface area contributed by atoms with Crippen LogP contribution in [0, 0.1) is 0 Å². The second-order valence-electron chi connectivity index (χ2n) is 7.98. The number of rotatable bonds is 9. The van der Waals surface area contributed by atoms with Gasteiger partial charge >= 0.3 is 28.2 Å². The standard InChI is InChI=1S/C20H26N2O9S/c1-20(2,3)31-19(26)22-32(27,28)21-15(18(24)25)11-14-10-13-9-12(5-7-16(13)30-14)6-8-17(23)29-4/h5,7,9-10,15,21H,6,8,11H2,1-4H3,(H,22,26)(H,24,25). The van der Waals surface area contributed by atoms with Gasteiger partial charge in [0.2, 0.25) is 0 Å². The summed E-state index contributed by atoms with van der Waals surface area (Å²) >= 11 is 0. The smallest absolute Gasteiger partial charge is 0.422 e. The number of furan rings is 1. The van der Waals surface area contributed by atoms with Gasteiger partial charge in [0.05, 0.1) is 7.11 Å². The van der Waals surface area contributed by atoms with Crippen molar-refractivity contribution in [3.63, 3.8) is 0 Å². The fourth-order valence-electron chi connectivity index (χ4n) is 2.76. The Hall–Kier alpha value is -3.12. The van der Waals surface area contributed by atoms with Crippen LogP contribution in [-0.2, 0) is 42.1 Å². The number of nitrogens with one attached hydrogen (secondary N) is 2. The number of ether oxygens (including phenoxy) is 2. The Morgan fingerprint density at radius 3 is 2.47 bits per heavy atom. The number of benzene rings is 1. The van der Waals surface area contributed by atoms with Crippen LogP contribution in [-0.4, -0.2) is 50.3 Å². The second-order valence-corrected chi connectivity index (χ2v) is 9.43. The van der Waals surface area contributed by atoms with Crippen molar-refractivity contribution in [2.24, 2.45) is 0 Å². The van der Waals surface area contributed by atoms with Gasteiger partial charge in [0.25, 0.3) is 0 Å². The van der Waals surface area contributed by atoms with Gasteiger partial charge in [0.1, 0.15) is 23.0 Å². The van der Waals surface area contributed by atoms with Crippen LogP contribution in [0.4, 0.5) is 4.79 Å². The van der Waals surface area contributed by atoms with Crippen molar-refractivity contribution in [3.8, 4) is 0 Å². The van der Waals surface area contributed by atoms with E-state index < -0.39 is 33.9 Å². The van der Waals surface area contributed by atoms with E-state index in [2.05, 4.69) is 4.74 Å². The van der Waals surface area contributed by atoms with E-state index in [4.69, 9.17) is 9.15 Å². The predicted molar refractivity (Wildman–Crippen MR) is 113 cm³/mol. The highest BCUT2D eigenvalue weighted by Crippen LogP contribution is 2.23. The molecular formula is C20H26N2O9S.